The van der Waals surface area contributed by atoms with Crippen LogP contribution in [0.4, 0.5) is 18.0 Å². The van der Waals surface area contributed by atoms with Crippen molar-refractivity contribution < 1.29 is 22.8 Å². The molecule has 3 saturated heterocycles. The number of amides is 3. The first-order valence-corrected chi connectivity index (χ1v) is 14.1. The van der Waals surface area contributed by atoms with Gasteiger partial charge in [-0.25, -0.2) is 4.79 Å². The number of likely N-dealkylation sites (tertiary alicyclic amines) is 2. The Labute approximate surface area is 233 Å². The van der Waals surface area contributed by atoms with Gasteiger partial charge in [0.25, 0.3) is 5.91 Å². The number of likely N-dealkylation sites (N-methyl/N-ethyl adjacent to an activating group) is 2. The Balaban J connectivity index is 1.14. The Morgan fingerprint density at radius 2 is 1.48 bits per heavy atom. The molecule has 0 saturated carbocycles. The van der Waals surface area contributed by atoms with Crippen molar-refractivity contribution in [2.45, 2.75) is 50.0 Å². The van der Waals surface area contributed by atoms with Crippen LogP contribution in [0.3, 0.4) is 0 Å². The van der Waals surface area contributed by atoms with Crippen LogP contribution in [-0.2, 0) is 6.18 Å². The van der Waals surface area contributed by atoms with Gasteiger partial charge in [0.2, 0.25) is 0 Å². The summed E-state index contributed by atoms with van der Waals surface area (Å²) in [7, 11) is 3.66. The molecule has 1 N–H and O–H groups in total. The number of rotatable bonds is 5. The number of hydrogen-bond donors (Lipinski definition) is 1. The molecular weight excluding hydrogens is 519 g/mol. The van der Waals surface area contributed by atoms with Gasteiger partial charge >= 0.3 is 12.2 Å². The summed E-state index contributed by atoms with van der Waals surface area (Å²) >= 11 is 0. The van der Waals surface area contributed by atoms with E-state index in [0.29, 0.717) is 30.3 Å². The number of urea groups is 1. The number of benzene rings is 2. The number of halogens is 3. The molecule has 2 aromatic rings. The molecule has 10 heteroatoms. The Morgan fingerprint density at radius 1 is 0.850 bits per heavy atom. The molecule has 2 aromatic carbocycles. The van der Waals surface area contributed by atoms with Gasteiger partial charge in [-0.1, -0.05) is 24.3 Å². The number of carbonyl (C=O) groups is 2. The fraction of sp³-hybridized carbons (Fsp3) is 0.533. The lowest BCUT2D eigenvalue weighted by Crippen LogP contribution is -2.49. The lowest BCUT2D eigenvalue weighted by Gasteiger charge is -2.33. The van der Waals surface area contributed by atoms with E-state index < -0.39 is 11.7 Å². The van der Waals surface area contributed by atoms with Gasteiger partial charge in [0.15, 0.2) is 0 Å². The predicted octanol–water partition coefficient (Wildman–Crippen LogP) is 4.40. The lowest BCUT2D eigenvalue weighted by molar-refractivity contribution is -0.137. The third kappa shape index (κ3) is 6.12. The molecule has 40 heavy (non-hydrogen) atoms. The summed E-state index contributed by atoms with van der Waals surface area (Å²) in [5.74, 6) is -0.140. The highest BCUT2D eigenvalue weighted by Crippen LogP contribution is 2.31. The highest BCUT2D eigenvalue weighted by Gasteiger charge is 2.37. The smallest absolute Gasteiger partial charge is 0.337 e. The molecule has 0 radical (unpaired) electrons. The van der Waals surface area contributed by atoms with Crippen molar-refractivity contribution in [2.24, 2.45) is 0 Å². The summed E-state index contributed by atoms with van der Waals surface area (Å²) in [4.78, 5) is 34.5. The number of alkyl halides is 3. The largest absolute Gasteiger partial charge is 0.416 e. The van der Waals surface area contributed by atoms with Crippen molar-refractivity contribution in [1.82, 2.24) is 24.9 Å². The SMILES string of the molecule is CN(C(=O)c1ccc(-c2ccc(C(F)(F)F)cc2)cc1)C1CCN(C(=O)N(C)C2CCN(C3CCCNC3)C2)C1. The van der Waals surface area contributed by atoms with Crippen molar-refractivity contribution in [2.75, 3.05) is 53.4 Å². The van der Waals surface area contributed by atoms with Gasteiger partial charge in [-0.3, -0.25) is 9.69 Å². The molecule has 216 valence electrons. The summed E-state index contributed by atoms with van der Waals surface area (Å²) in [5, 5.41) is 3.48. The van der Waals surface area contributed by atoms with Gasteiger partial charge in [0.1, 0.15) is 0 Å². The second-order valence-electron chi connectivity index (χ2n) is 11.3. The van der Waals surface area contributed by atoms with E-state index in [0.717, 1.165) is 56.7 Å². The van der Waals surface area contributed by atoms with Gasteiger partial charge in [0, 0.05) is 64.5 Å². The van der Waals surface area contributed by atoms with Crippen molar-refractivity contribution in [3.05, 3.63) is 59.7 Å². The number of carbonyl (C=O) groups excluding carboxylic acids is 2. The lowest BCUT2D eigenvalue weighted by atomic mass is 10.0. The van der Waals surface area contributed by atoms with Crippen LogP contribution in [0.5, 0.6) is 0 Å². The summed E-state index contributed by atoms with van der Waals surface area (Å²) in [5.41, 5.74) is 1.19. The molecule has 3 aliphatic heterocycles. The quantitative estimate of drug-likeness (QED) is 0.593. The minimum atomic E-state index is -4.38. The normalized spacial score (nSPS) is 23.8. The number of hydrogen-bond acceptors (Lipinski definition) is 4. The molecule has 3 aliphatic rings. The predicted molar refractivity (Wildman–Crippen MR) is 148 cm³/mol. The van der Waals surface area contributed by atoms with E-state index in [-0.39, 0.29) is 24.0 Å². The first kappa shape index (κ1) is 28.4. The average molecular weight is 558 g/mol. The zero-order valence-electron chi connectivity index (χ0n) is 23.2. The van der Waals surface area contributed by atoms with Crippen molar-refractivity contribution in [3.8, 4) is 11.1 Å². The van der Waals surface area contributed by atoms with E-state index in [1.54, 1.807) is 36.2 Å². The van der Waals surface area contributed by atoms with Crippen LogP contribution in [0.1, 0.15) is 41.6 Å². The molecule has 3 unspecified atom stereocenters. The van der Waals surface area contributed by atoms with Crippen LogP contribution >= 0.6 is 0 Å². The van der Waals surface area contributed by atoms with Gasteiger partial charge in [-0.2, -0.15) is 13.2 Å². The van der Waals surface area contributed by atoms with Crippen molar-refractivity contribution >= 4 is 11.9 Å². The molecule has 3 atom stereocenters. The molecule has 0 aliphatic carbocycles. The summed E-state index contributed by atoms with van der Waals surface area (Å²) in [6.07, 6.45) is -0.263. The third-order valence-corrected chi connectivity index (χ3v) is 8.81. The van der Waals surface area contributed by atoms with E-state index in [1.165, 1.54) is 25.0 Å². The van der Waals surface area contributed by atoms with Crippen LogP contribution in [-0.4, -0.2) is 103 Å². The third-order valence-electron chi connectivity index (χ3n) is 8.81. The zero-order valence-corrected chi connectivity index (χ0v) is 23.2. The molecule has 0 aromatic heterocycles. The Bertz CT molecular complexity index is 1180. The van der Waals surface area contributed by atoms with E-state index in [1.807, 2.05) is 16.8 Å². The molecular formula is C30H38F3N5O2. The number of piperidine rings is 1. The van der Waals surface area contributed by atoms with Crippen molar-refractivity contribution in [1.29, 1.82) is 0 Å². The topological polar surface area (TPSA) is 59.1 Å². The second-order valence-corrected chi connectivity index (χ2v) is 11.3. The number of nitrogens with zero attached hydrogens (tertiary/aromatic N) is 4. The molecule has 3 fully saturated rings. The summed E-state index contributed by atoms with van der Waals surface area (Å²) < 4.78 is 38.6. The standard InChI is InChI=1S/C30H38F3N5O2/c1-35(28(39)23-7-5-21(6-8-23)22-9-11-24(12-10-22)30(31,32)33)26-14-17-38(20-26)29(40)36(2)27-13-16-37(19-27)25-4-3-15-34-18-25/h5-12,25-27,34H,3-4,13-20H2,1-2H3. The monoisotopic (exact) mass is 557 g/mol. The Hall–Kier alpha value is -3.11. The van der Waals surface area contributed by atoms with Crippen LogP contribution in [0, 0.1) is 0 Å². The zero-order chi connectivity index (χ0) is 28.4. The van der Waals surface area contributed by atoms with Gasteiger partial charge in [-0.15, -0.1) is 0 Å². The van der Waals surface area contributed by atoms with Gasteiger partial charge < -0.3 is 20.0 Å². The van der Waals surface area contributed by atoms with Crippen molar-refractivity contribution in [3.63, 3.8) is 0 Å². The Kier molecular flexibility index (Phi) is 8.37. The van der Waals surface area contributed by atoms with Crippen LogP contribution in [0.25, 0.3) is 11.1 Å². The fourth-order valence-corrected chi connectivity index (χ4v) is 6.20. The van der Waals surface area contributed by atoms with E-state index in [2.05, 4.69) is 10.2 Å². The van der Waals surface area contributed by atoms with E-state index in [4.69, 9.17) is 0 Å². The molecule has 3 amide bonds. The molecule has 3 heterocycles. The minimum absolute atomic E-state index is 0.0258. The molecule has 0 spiro atoms. The van der Waals surface area contributed by atoms with E-state index in [9.17, 15) is 22.8 Å². The maximum absolute atomic E-state index is 13.3. The maximum atomic E-state index is 13.3. The summed E-state index contributed by atoms with van der Waals surface area (Å²) in [6.45, 7) is 5.15. The second kappa shape index (κ2) is 11.8. The number of nitrogens with one attached hydrogen (secondary N) is 1. The highest BCUT2D eigenvalue weighted by atomic mass is 19.4. The van der Waals surface area contributed by atoms with Gasteiger partial charge in [0.05, 0.1) is 11.6 Å². The fourth-order valence-electron chi connectivity index (χ4n) is 6.20. The molecule has 0 bridgehead atoms. The summed E-state index contributed by atoms with van der Waals surface area (Å²) in [6, 6.07) is 12.6. The average Bonchev–Trinajstić information content (AvgIpc) is 3.67. The molecule has 5 rings (SSSR count). The van der Waals surface area contributed by atoms with Crippen LogP contribution in [0.2, 0.25) is 0 Å². The maximum Gasteiger partial charge on any atom is 0.416 e. The first-order valence-electron chi connectivity index (χ1n) is 14.1. The van der Waals surface area contributed by atoms with Crippen LogP contribution in [0.15, 0.2) is 48.5 Å². The first-order chi connectivity index (χ1) is 19.1. The Morgan fingerprint density at radius 3 is 2.10 bits per heavy atom. The van der Waals surface area contributed by atoms with Crippen LogP contribution < -0.4 is 5.32 Å². The van der Waals surface area contributed by atoms with E-state index >= 15 is 0 Å². The highest BCUT2D eigenvalue weighted by molar-refractivity contribution is 5.95. The minimum Gasteiger partial charge on any atom is -0.337 e. The molecule has 7 nitrogen and oxygen atoms in total. The van der Waals surface area contributed by atoms with Gasteiger partial charge in [-0.05, 0) is 67.6 Å².